The average molecular weight is 412 g/mol. The number of nitrogens with zero attached hydrogens (tertiary/aromatic N) is 3. The van der Waals surface area contributed by atoms with Crippen molar-refractivity contribution in [3.8, 4) is 0 Å². The first-order chi connectivity index (χ1) is 14.2. The maximum Gasteiger partial charge on any atom is 0.334 e. The lowest BCUT2D eigenvalue weighted by molar-refractivity contribution is -0.384. The number of hydrogen-bond acceptors (Lipinski definition) is 6. The Morgan fingerprint density at radius 2 is 2.07 bits per heavy atom. The van der Waals surface area contributed by atoms with E-state index >= 15 is 0 Å². The van der Waals surface area contributed by atoms with Crippen molar-refractivity contribution in [1.82, 2.24) is 9.47 Å². The quantitative estimate of drug-likeness (QED) is 0.530. The van der Waals surface area contributed by atoms with Crippen LogP contribution >= 0.6 is 0 Å². The number of fused-ring (bicyclic) bond motifs is 1. The zero-order chi connectivity index (χ0) is 22.0. The number of carbonyl (C=O) groups is 1. The molecule has 1 aromatic heterocycles. The molecule has 1 atom stereocenters. The standard InChI is InChI=1S/C21H24N4O5/c1-13-17(21(27)28)18(14-6-4-7-15(12-14)25(29)30)19-16(22-13)8-11-24(20(19)26)10-5-9-23(2)3/h4,6-8,11-12,18,22H,5,9-10H2,1-3H3,(H,27,28). The number of aromatic nitrogens is 1. The van der Waals surface area contributed by atoms with Crippen LogP contribution in [0.1, 0.15) is 30.4 Å². The molecule has 2 N–H and O–H groups in total. The molecular weight excluding hydrogens is 388 g/mol. The van der Waals surface area contributed by atoms with Crippen LogP contribution in [0, 0.1) is 10.1 Å². The summed E-state index contributed by atoms with van der Waals surface area (Å²) >= 11 is 0. The number of aryl methyl sites for hydroxylation is 1. The van der Waals surface area contributed by atoms with Crippen molar-refractivity contribution in [2.75, 3.05) is 26.0 Å². The fraction of sp³-hybridized carbons (Fsp3) is 0.333. The highest BCUT2D eigenvalue weighted by Gasteiger charge is 2.35. The van der Waals surface area contributed by atoms with Gasteiger partial charge in [-0.2, -0.15) is 0 Å². The van der Waals surface area contributed by atoms with Crippen LogP contribution in [-0.2, 0) is 11.3 Å². The molecule has 9 nitrogen and oxygen atoms in total. The molecule has 2 heterocycles. The van der Waals surface area contributed by atoms with E-state index in [-0.39, 0.29) is 22.4 Å². The number of nitro groups is 1. The molecule has 158 valence electrons. The van der Waals surface area contributed by atoms with Crippen LogP contribution in [0.25, 0.3) is 0 Å². The van der Waals surface area contributed by atoms with Gasteiger partial charge in [0.25, 0.3) is 11.2 Å². The zero-order valence-electron chi connectivity index (χ0n) is 17.1. The number of pyridine rings is 1. The maximum absolute atomic E-state index is 13.3. The molecule has 0 amide bonds. The second-order valence-electron chi connectivity index (χ2n) is 7.55. The third-order valence-corrected chi connectivity index (χ3v) is 5.16. The van der Waals surface area contributed by atoms with Crippen LogP contribution in [0.4, 0.5) is 11.4 Å². The molecule has 0 aliphatic carbocycles. The predicted octanol–water partition coefficient (Wildman–Crippen LogP) is 2.62. The van der Waals surface area contributed by atoms with Crippen molar-refractivity contribution in [2.24, 2.45) is 0 Å². The fourth-order valence-electron chi connectivity index (χ4n) is 3.78. The summed E-state index contributed by atoms with van der Waals surface area (Å²) in [5, 5.41) is 24.1. The summed E-state index contributed by atoms with van der Waals surface area (Å²) in [5.41, 5.74) is 1.14. The van der Waals surface area contributed by atoms with E-state index in [4.69, 9.17) is 0 Å². The lowest BCUT2D eigenvalue weighted by Crippen LogP contribution is -2.33. The normalized spacial score (nSPS) is 15.7. The van der Waals surface area contributed by atoms with Gasteiger partial charge in [0.2, 0.25) is 0 Å². The van der Waals surface area contributed by atoms with Crippen molar-refractivity contribution in [1.29, 1.82) is 0 Å². The van der Waals surface area contributed by atoms with Gasteiger partial charge in [0.1, 0.15) is 0 Å². The molecule has 2 aromatic rings. The SMILES string of the molecule is CC1=C(C(=O)O)C(c2cccc([N+](=O)[O-])c2)c2c(ccn(CCCN(C)C)c2=O)N1. The minimum atomic E-state index is -1.18. The fourth-order valence-corrected chi connectivity index (χ4v) is 3.78. The van der Waals surface area contributed by atoms with Crippen LogP contribution in [-0.4, -0.2) is 46.1 Å². The Hall–Kier alpha value is -3.46. The number of carboxylic acid groups (broad SMARTS) is 1. The van der Waals surface area contributed by atoms with Gasteiger partial charge in [0, 0.05) is 36.3 Å². The molecule has 0 fully saturated rings. The van der Waals surface area contributed by atoms with Gasteiger partial charge in [-0.25, -0.2) is 4.79 Å². The molecule has 0 saturated heterocycles. The summed E-state index contributed by atoms with van der Waals surface area (Å²) in [6.07, 6.45) is 2.44. The molecule has 1 aliphatic rings. The minimum Gasteiger partial charge on any atom is -0.478 e. The van der Waals surface area contributed by atoms with Crippen LogP contribution in [0.5, 0.6) is 0 Å². The summed E-state index contributed by atoms with van der Waals surface area (Å²) in [6.45, 7) is 2.91. The van der Waals surface area contributed by atoms with E-state index in [1.807, 2.05) is 19.0 Å². The van der Waals surface area contributed by atoms with E-state index in [0.29, 0.717) is 23.5 Å². The topological polar surface area (TPSA) is 118 Å². The van der Waals surface area contributed by atoms with Crippen LogP contribution in [0.2, 0.25) is 0 Å². The van der Waals surface area contributed by atoms with E-state index in [1.165, 1.54) is 18.2 Å². The first kappa shape index (κ1) is 21.3. The van der Waals surface area contributed by atoms with Crippen molar-refractivity contribution in [3.05, 3.63) is 79.4 Å². The summed E-state index contributed by atoms with van der Waals surface area (Å²) in [7, 11) is 3.90. The highest BCUT2D eigenvalue weighted by atomic mass is 16.6. The third-order valence-electron chi connectivity index (χ3n) is 5.16. The second-order valence-corrected chi connectivity index (χ2v) is 7.55. The van der Waals surface area contributed by atoms with E-state index < -0.39 is 16.8 Å². The van der Waals surface area contributed by atoms with Crippen molar-refractivity contribution in [2.45, 2.75) is 25.8 Å². The molecule has 1 unspecified atom stereocenters. The Kier molecular flexibility index (Phi) is 6.02. The second kappa shape index (κ2) is 8.50. The van der Waals surface area contributed by atoms with Crippen LogP contribution in [0.3, 0.4) is 0 Å². The molecular formula is C21H24N4O5. The first-order valence-corrected chi connectivity index (χ1v) is 9.54. The van der Waals surface area contributed by atoms with Gasteiger partial charge in [0.15, 0.2) is 0 Å². The van der Waals surface area contributed by atoms with Gasteiger partial charge in [-0.3, -0.25) is 14.9 Å². The third kappa shape index (κ3) is 4.11. The largest absolute Gasteiger partial charge is 0.478 e. The highest BCUT2D eigenvalue weighted by molar-refractivity contribution is 5.93. The molecule has 30 heavy (non-hydrogen) atoms. The number of nitro benzene ring substituents is 1. The molecule has 0 bridgehead atoms. The van der Waals surface area contributed by atoms with Crippen molar-refractivity contribution in [3.63, 3.8) is 0 Å². The summed E-state index contributed by atoms with van der Waals surface area (Å²) < 4.78 is 1.56. The highest BCUT2D eigenvalue weighted by Crippen LogP contribution is 2.40. The molecule has 9 heteroatoms. The Bertz CT molecular complexity index is 1090. The average Bonchev–Trinajstić information content (AvgIpc) is 2.68. The van der Waals surface area contributed by atoms with Gasteiger partial charge in [-0.15, -0.1) is 0 Å². The first-order valence-electron chi connectivity index (χ1n) is 9.54. The van der Waals surface area contributed by atoms with Gasteiger partial charge in [0.05, 0.1) is 22.0 Å². The number of nitrogens with one attached hydrogen (secondary N) is 1. The molecule has 0 spiro atoms. The molecule has 1 aromatic carbocycles. The van der Waals surface area contributed by atoms with Crippen LogP contribution in [0.15, 0.2) is 52.6 Å². The molecule has 3 rings (SSSR count). The van der Waals surface area contributed by atoms with E-state index in [0.717, 1.165) is 13.0 Å². The smallest absolute Gasteiger partial charge is 0.334 e. The number of benzene rings is 1. The lowest BCUT2D eigenvalue weighted by atomic mass is 9.81. The van der Waals surface area contributed by atoms with Crippen molar-refractivity contribution < 1.29 is 14.8 Å². The monoisotopic (exact) mass is 412 g/mol. The number of rotatable bonds is 7. The van der Waals surface area contributed by atoms with E-state index in [1.54, 1.807) is 29.8 Å². The van der Waals surface area contributed by atoms with Gasteiger partial charge >= 0.3 is 5.97 Å². The zero-order valence-corrected chi connectivity index (χ0v) is 17.1. The predicted molar refractivity (Wildman–Crippen MR) is 113 cm³/mol. The number of anilines is 1. The molecule has 0 radical (unpaired) electrons. The van der Waals surface area contributed by atoms with Crippen molar-refractivity contribution >= 4 is 17.3 Å². The maximum atomic E-state index is 13.3. The van der Waals surface area contributed by atoms with Gasteiger partial charge < -0.3 is 19.9 Å². The number of aliphatic carboxylic acids is 1. The van der Waals surface area contributed by atoms with E-state index in [2.05, 4.69) is 5.32 Å². The summed E-state index contributed by atoms with van der Waals surface area (Å²) in [6, 6.07) is 7.54. The lowest BCUT2D eigenvalue weighted by Gasteiger charge is -2.29. The Labute approximate surface area is 173 Å². The van der Waals surface area contributed by atoms with Gasteiger partial charge in [-0.05, 0) is 45.6 Å². The molecule has 0 saturated carbocycles. The Morgan fingerprint density at radius 1 is 1.33 bits per heavy atom. The summed E-state index contributed by atoms with van der Waals surface area (Å²) in [5.74, 6) is -2.09. The minimum absolute atomic E-state index is 0.00568. The number of carboxylic acids is 1. The number of allylic oxidation sites excluding steroid dienone is 1. The summed E-state index contributed by atoms with van der Waals surface area (Å²) in [4.78, 5) is 38.1. The Balaban J connectivity index is 2.17. The van der Waals surface area contributed by atoms with Crippen LogP contribution < -0.4 is 10.9 Å². The number of non-ortho nitro benzene ring substituents is 1. The Morgan fingerprint density at radius 3 is 2.70 bits per heavy atom. The van der Waals surface area contributed by atoms with E-state index in [9.17, 15) is 24.8 Å². The van der Waals surface area contributed by atoms with Gasteiger partial charge in [-0.1, -0.05) is 12.1 Å². The molecule has 1 aliphatic heterocycles. The number of hydrogen-bond donors (Lipinski definition) is 2.